The number of ketones is 1. The zero-order valence-electron chi connectivity index (χ0n) is 13.1. The van der Waals surface area contributed by atoms with Crippen LogP contribution in [0.25, 0.3) is 0 Å². The summed E-state index contributed by atoms with van der Waals surface area (Å²) in [7, 11) is 1.49. The summed E-state index contributed by atoms with van der Waals surface area (Å²) >= 11 is 0. The lowest BCUT2D eigenvalue weighted by molar-refractivity contribution is -0.138. The first-order valence-corrected chi connectivity index (χ1v) is 7.46. The number of carbonyl (C=O) groups excluding carboxylic acids is 3. The third-order valence-corrected chi connectivity index (χ3v) is 3.89. The Kier molecular flexibility index (Phi) is 4.29. The highest BCUT2D eigenvalue weighted by molar-refractivity contribution is 6.48. The minimum Gasteiger partial charge on any atom is -0.495 e. The van der Waals surface area contributed by atoms with Crippen molar-refractivity contribution in [2.24, 2.45) is 5.92 Å². The lowest BCUT2D eigenvalue weighted by atomic mass is 10.1. The van der Waals surface area contributed by atoms with E-state index in [9.17, 15) is 14.4 Å². The van der Waals surface area contributed by atoms with Crippen molar-refractivity contribution in [2.75, 3.05) is 23.9 Å². The Hall–Kier alpha value is -3.15. The molecular weight excluding hydrogens is 308 g/mol. The monoisotopic (exact) mass is 324 g/mol. The van der Waals surface area contributed by atoms with Gasteiger partial charge < -0.3 is 15.0 Å². The van der Waals surface area contributed by atoms with E-state index in [0.29, 0.717) is 17.1 Å². The molecule has 2 aromatic rings. The molecule has 3 rings (SSSR count). The number of Topliss-reactive ketones (excluding diaryl/α,β-unsaturated/α-hetero) is 1. The van der Waals surface area contributed by atoms with Crippen LogP contribution in [0.3, 0.4) is 0 Å². The fourth-order valence-electron chi connectivity index (χ4n) is 2.63. The Balaban J connectivity index is 1.78. The van der Waals surface area contributed by atoms with E-state index in [2.05, 4.69) is 5.32 Å². The van der Waals surface area contributed by atoms with Crippen LogP contribution in [-0.2, 0) is 14.4 Å². The second-order valence-corrected chi connectivity index (χ2v) is 5.36. The predicted octanol–water partition coefficient (Wildman–Crippen LogP) is 1.87. The molecule has 122 valence electrons. The maximum atomic E-state index is 12.4. The van der Waals surface area contributed by atoms with Crippen molar-refractivity contribution in [3.05, 3.63) is 54.6 Å². The first kappa shape index (κ1) is 15.7. The minimum atomic E-state index is -1.04. The lowest BCUT2D eigenvalue weighted by Crippen LogP contribution is -2.29. The molecule has 0 radical (unpaired) electrons. The first-order valence-electron chi connectivity index (χ1n) is 7.46. The van der Waals surface area contributed by atoms with Gasteiger partial charge >= 0.3 is 0 Å². The van der Waals surface area contributed by atoms with E-state index in [1.54, 1.807) is 48.5 Å². The lowest BCUT2D eigenvalue weighted by Gasteiger charge is -2.15. The molecule has 2 aromatic carbocycles. The van der Waals surface area contributed by atoms with Crippen molar-refractivity contribution in [3.8, 4) is 5.75 Å². The van der Waals surface area contributed by atoms with Crippen LogP contribution in [0.1, 0.15) is 0 Å². The van der Waals surface area contributed by atoms with Gasteiger partial charge in [-0.3, -0.25) is 14.4 Å². The molecule has 1 heterocycles. The van der Waals surface area contributed by atoms with Gasteiger partial charge in [0, 0.05) is 12.2 Å². The van der Waals surface area contributed by atoms with Gasteiger partial charge in [-0.2, -0.15) is 0 Å². The van der Waals surface area contributed by atoms with Crippen molar-refractivity contribution in [1.29, 1.82) is 0 Å². The predicted molar refractivity (Wildman–Crippen MR) is 88.9 cm³/mol. The fourth-order valence-corrected chi connectivity index (χ4v) is 2.63. The second kappa shape index (κ2) is 6.54. The molecule has 0 aliphatic carbocycles. The second-order valence-electron chi connectivity index (χ2n) is 5.36. The number of hydrogen-bond donors (Lipinski definition) is 1. The van der Waals surface area contributed by atoms with Gasteiger partial charge in [-0.1, -0.05) is 30.3 Å². The molecule has 1 fully saturated rings. The van der Waals surface area contributed by atoms with Crippen LogP contribution in [0.4, 0.5) is 11.4 Å². The van der Waals surface area contributed by atoms with Gasteiger partial charge in [-0.05, 0) is 24.3 Å². The third-order valence-electron chi connectivity index (χ3n) is 3.89. The summed E-state index contributed by atoms with van der Waals surface area (Å²) in [6.07, 6.45) is 0. The number of para-hydroxylation sites is 3. The summed E-state index contributed by atoms with van der Waals surface area (Å²) in [5.41, 5.74) is 1.06. The van der Waals surface area contributed by atoms with Crippen molar-refractivity contribution < 1.29 is 19.1 Å². The summed E-state index contributed by atoms with van der Waals surface area (Å²) in [4.78, 5) is 38.1. The number of anilines is 2. The topological polar surface area (TPSA) is 75.7 Å². The van der Waals surface area contributed by atoms with E-state index in [1.165, 1.54) is 12.0 Å². The molecule has 1 aliphatic rings. The van der Waals surface area contributed by atoms with Crippen LogP contribution in [0.5, 0.6) is 5.75 Å². The van der Waals surface area contributed by atoms with Gasteiger partial charge in [0.2, 0.25) is 11.7 Å². The van der Waals surface area contributed by atoms with Crippen LogP contribution in [0.15, 0.2) is 54.6 Å². The molecule has 1 atom stereocenters. The maximum absolute atomic E-state index is 12.4. The Morgan fingerprint density at radius 3 is 2.46 bits per heavy atom. The number of carbonyl (C=O) groups is 3. The van der Waals surface area contributed by atoms with Crippen LogP contribution >= 0.6 is 0 Å². The molecule has 6 nitrogen and oxygen atoms in total. The number of benzene rings is 2. The molecule has 1 aliphatic heterocycles. The van der Waals surface area contributed by atoms with E-state index in [4.69, 9.17) is 4.74 Å². The van der Waals surface area contributed by atoms with Gasteiger partial charge in [0.15, 0.2) is 0 Å². The first-order chi connectivity index (χ1) is 11.6. The number of nitrogens with one attached hydrogen (secondary N) is 1. The van der Waals surface area contributed by atoms with Crippen LogP contribution < -0.4 is 15.0 Å². The molecule has 1 unspecified atom stereocenters. The summed E-state index contributed by atoms with van der Waals surface area (Å²) in [6.45, 7) is 0.0304. The summed E-state index contributed by atoms with van der Waals surface area (Å²) < 4.78 is 5.17. The largest absolute Gasteiger partial charge is 0.495 e. The summed E-state index contributed by atoms with van der Waals surface area (Å²) in [6, 6.07) is 15.7. The highest BCUT2D eigenvalue weighted by Crippen LogP contribution is 2.26. The van der Waals surface area contributed by atoms with Crippen LogP contribution in [-0.4, -0.2) is 31.3 Å². The number of ether oxygens (including phenoxy) is 1. The zero-order valence-corrected chi connectivity index (χ0v) is 13.1. The van der Waals surface area contributed by atoms with Crippen LogP contribution in [0.2, 0.25) is 0 Å². The third kappa shape index (κ3) is 2.86. The maximum Gasteiger partial charge on any atom is 0.295 e. The van der Waals surface area contributed by atoms with Gasteiger partial charge in [0.1, 0.15) is 11.7 Å². The van der Waals surface area contributed by atoms with Gasteiger partial charge in [0.05, 0.1) is 12.8 Å². The number of amides is 2. The van der Waals surface area contributed by atoms with Gasteiger partial charge in [-0.15, -0.1) is 0 Å². The average molecular weight is 324 g/mol. The molecule has 0 spiro atoms. The summed E-state index contributed by atoms with van der Waals surface area (Å²) in [5.74, 6) is -2.44. The van der Waals surface area contributed by atoms with Crippen molar-refractivity contribution in [3.63, 3.8) is 0 Å². The highest BCUT2D eigenvalue weighted by Gasteiger charge is 2.43. The average Bonchev–Trinajstić information content (AvgIpc) is 2.92. The summed E-state index contributed by atoms with van der Waals surface area (Å²) in [5, 5.41) is 2.66. The number of methoxy groups -OCH3 is 1. The zero-order chi connectivity index (χ0) is 17.1. The van der Waals surface area contributed by atoms with Crippen molar-refractivity contribution in [2.45, 2.75) is 0 Å². The Bertz CT molecular complexity index is 789. The quantitative estimate of drug-likeness (QED) is 0.688. The Morgan fingerprint density at radius 1 is 1.08 bits per heavy atom. The highest BCUT2D eigenvalue weighted by atomic mass is 16.5. The molecular formula is C18H16N2O4. The molecule has 24 heavy (non-hydrogen) atoms. The minimum absolute atomic E-state index is 0.0304. The molecule has 0 aromatic heterocycles. The van der Waals surface area contributed by atoms with E-state index in [1.807, 2.05) is 6.07 Å². The van der Waals surface area contributed by atoms with Crippen molar-refractivity contribution in [1.82, 2.24) is 0 Å². The molecule has 6 heteroatoms. The molecule has 2 amide bonds. The van der Waals surface area contributed by atoms with E-state index in [0.717, 1.165) is 0 Å². The van der Waals surface area contributed by atoms with E-state index >= 15 is 0 Å². The SMILES string of the molecule is COc1ccccc1NC(=O)C1CN(c2ccccc2)C(=O)C1=O. The van der Waals surface area contributed by atoms with Crippen molar-refractivity contribution >= 4 is 29.0 Å². The van der Waals surface area contributed by atoms with E-state index in [-0.39, 0.29) is 6.54 Å². The van der Waals surface area contributed by atoms with E-state index < -0.39 is 23.5 Å². The van der Waals surface area contributed by atoms with Crippen LogP contribution in [0, 0.1) is 5.92 Å². The molecule has 1 N–H and O–H groups in total. The normalized spacial score (nSPS) is 17.0. The fraction of sp³-hybridized carbons (Fsp3) is 0.167. The standard InChI is InChI=1S/C18H16N2O4/c1-24-15-10-6-5-9-14(15)19-17(22)13-11-20(18(23)16(13)21)12-7-3-2-4-8-12/h2-10,13H,11H2,1H3,(H,19,22). The number of hydrogen-bond acceptors (Lipinski definition) is 4. The number of nitrogens with zero attached hydrogens (tertiary/aromatic N) is 1. The Labute approximate surface area is 139 Å². The smallest absolute Gasteiger partial charge is 0.295 e. The molecule has 1 saturated heterocycles. The number of rotatable bonds is 4. The van der Waals surface area contributed by atoms with Gasteiger partial charge in [0.25, 0.3) is 5.91 Å². The Morgan fingerprint density at radius 2 is 1.75 bits per heavy atom. The van der Waals surface area contributed by atoms with Gasteiger partial charge in [-0.25, -0.2) is 0 Å². The molecule has 0 bridgehead atoms. The molecule has 0 saturated carbocycles.